The lowest BCUT2D eigenvalue weighted by Gasteiger charge is -2.30. The largest absolute Gasteiger partial charge is 0.380 e. The molecule has 0 spiro atoms. The quantitative estimate of drug-likeness (QED) is 0.539. The summed E-state index contributed by atoms with van der Waals surface area (Å²) in [5.74, 6) is 0. The number of hydrogen-bond acceptors (Lipinski definition) is 3. The lowest BCUT2D eigenvalue weighted by molar-refractivity contribution is 0.0142. The highest BCUT2D eigenvalue weighted by Crippen LogP contribution is 2.13. The van der Waals surface area contributed by atoms with Crippen molar-refractivity contribution in [1.82, 2.24) is 4.90 Å². The molecule has 11 heavy (non-hydrogen) atoms. The summed E-state index contributed by atoms with van der Waals surface area (Å²) in [5, 5.41) is 0. The Kier molecular flexibility index (Phi) is 2.41. The summed E-state index contributed by atoms with van der Waals surface area (Å²) in [7, 11) is 0. The van der Waals surface area contributed by atoms with Crippen LogP contribution in [0.15, 0.2) is 0 Å². The van der Waals surface area contributed by atoms with Crippen LogP contribution in [0.3, 0.4) is 0 Å². The van der Waals surface area contributed by atoms with Gasteiger partial charge in [0.15, 0.2) is 0 Å². The second kappa shape index (κ2) is 3.52. The standard InChI is InChI=1S/C8H15NO2/c1-4-11-7-8(1)9-2-5-10-6-3-9/h8H,1-7H2/t8-/m1/s1. The topological polar surface area (TPSA) is 21.7 Å². The van der Waals surface area contributed by atoms with Gasteiger partial charge in [-0.3, -0.25) is 4.90 Å². The Labute approximate surface area is 67.3 Å². The molecule has 1 atom stereocenters. The van der Waals surface area contributed by atoms with Crippen LogP contribution in [0.4, 0.5) is 0 Å². The number of ether oxygens (including phenoxy) is 2. The predicted octanol–water partition coefficient (Wildman–Crippen LogP) is 0.107. The van der Waals surface area contributed by atoms with Crippen LogP contribution in [0.5, 0.6) is 0 Å². The zero-order valence-corrected chi connectivity index (χ0v) is 6.79. The molecule has 0 amide bonds. The molecule has 0 aliphatic carbocycles. The molecule has 3 heteroatoms. The van der Waals surface area contributed by atoms with Crippen LogP contribution in [0.1, 0.15) is 6.42 Å². The van der Waals surface area contributed by atoms with E-state index < -0.39 is 0 Å². The second-order valence-corrected chi connectivity index (χ2v) is 3.17. The zero-order valence-electron chi connectivity index (χ0n) is 6.79. The minimum atomic E-state index is 0.680. The van der Waals surface area contributed by atoms with E-state index in [0.29, 0.717) is 6.04 Å². The van der Waals surface area contributed by atoms with E-state index in [-0.39, 0.29) is 0 Å². The molecular formula is C8H15NO2. The van der Waals surface area contributed by atoms with Crippen LogP contribution in [0.25, 0.3) is 0 Å². The third-order valence-electron chi connectivity index (χ3n) is 2.47. The Morgan fingerprint density at radius 2 is 1.82 bits per heavy atom. The lowest BCUT2D eigenvalue weighted by atomic mass is 10.2. The van der Waals surface area contributed by atoms with Crippen molar-refractivity contribution in [3.8, 4) is 0 Å². The number of morpholine rings is 1. The van der Waals surface area contributed by atoms with E-state index in [1.165, 1.54) is 6.42 Å². The van der Waals surface area contributed by atoms with Crippen molar-refractivity contribution in [1.29, 1.82) is 0 Å². The average molecular weight is 157 g/mol. The Balaban J connectivity index is 1.82. The molecule has 2 fully saturated rings. The Hall–Kier alpha value is -0.120. The predicted molar refractivity (Wildman–Crippen MR) is 41.6 cm³/mol. The van der Waals surface area contributed by atoms with E-state index in [9.17, 15) is 0 Å². The van der Waals surface area contributed by atoms with Crippen molar-refractivity contribution in [2.45, 2.75) is 12.5 Å². The molecule has 0 N–H and O–H groups in total. The van der Waals surface area contributed by atoms with Gasteiger partial charge >= 0.3 is 0 Å². The molecule has 2 saturated heterocycles. The monoisotopic (exact) mass is 157 g/mol. The summed E-state index contributed by atoms with van der Waals surface area (Å²) in [5.41, 5.74) is 0. The van der Waals surface area contributed by atoms with E-state index in [1.807, 2.05) is 0 Å². The molecule has 2 aliphatic rings. The summed E-state index contributed by atoms with van der Waals surface area (Å²) in [4.78, 5) is 2.48. The molecule has 0 aromatic rings. The SMILES string of the molecule is C1CN([C@@H]2CCOC2)CCO1. The first kappa shape index (κ1) is 7.53. The molecule has 0 radical (unpaired) electrons. The summed E-state index contributed by atoms with van der Waals surface area (Å²) in [6, 6.07) is 0.680. The highest BCUT2D eigenvalue weighted by Gasteiger charge is 2.24. The van der Waals surface area contributed by atoms with Crippen molar-refractivity contribution in [2.24, 2.45) is 0 Å². The Morgan fingerprint density at radius 1 is 1.00 bits per heavy atom. The van der Waals surface area contributed by atoms with Gasteiger partial charge in [-0.25, -0.2) is 0 Å². The van der Waals surface area contributed by atoms with Gasteiger partial charge in [0.2, 0.25) is 0 Å². The van der Waals surface area contributed by atoms with Crippen molar-refractivity contribution >= 4 is 0 Å². The summed E-state index contributed by atoms with van der Waals surface area (Å²) in [6.07, 6.45) is 1.21. The lowest BCUT2D eigenvalue weighted by Crippen LogP contribution is -2.43. The molecule has 2 aliphatic heterocycles. The van der Waals surface area contributed by atoms with Gasteiger partial charge in [-0.2, -0.15) is 0 Å². The molecule has 3 nitrogen and oxygen atoms in total. The maximum absolute atomic E-state index is 5.33. The van der Waals surface area contributed by atoms with Gasteiger partial charge in [0.25, 0.3) is 0 Å². The van der Waals surface area contributed by atoms with E-state index in [2.05, 4.69) is 4.90 Å². The third kappa shape index (κ3) is 1.72. The second-order valence-electron chi connectivity index (χ2n) is 3.17. The minimum absolute atomic E-state index is 0.680. The highest BCUT2D eigenvalue weighted by atomic mass is 16.5. The summed E-state index contributed by atoms with van der Waals surface area (Å²) >= 11 is 0. The number of nitrogens with zero attached hydrogens (tertiary/aromatic N) is 1. The van der Waals surface area contributed by atoms with E-state index >= 15 is 0 Å². The van der Waals surface area contributed by atoms with Crippen molar-refractivity contribution in [3.63, 3.8) is 0 Å². The summed E-state index contributed by atoms with van der Waals surface area (Å²) in [6.45, 7) is 5.86. The molecule has 0 unspecified atom stereocenters. The van der Waals surface area contributed by atoms with Gasteiger partial charge in [-0.15, -0.1) is 0 Å². The third-order valence-corrected chi connectivity index (χ3v) is 2.47. The van der Waals surface area contributed by atoms with Gasteiger partial charge in [0.1, 0.15) is 0 Å². The van der Waals surface area contributed by atoms with Crippen molar-refractivity contribution in [3.05, 3.63) is 0 Å². The first-order valence-electron chi connectivity index (χ1n) is 4.36. The van der Waals surface area contributed by atoms with Gasteiger partial charge in [-0.1, -0.05) is 0 Å². The maximum atomic E-state index is 5.33. The fourth-order valence-electron chi connectivity index (χ4n) is 1.75. The molecule has 0 aromatic carbocycles. The van der Waals surface area contributed by atoms with Gasteiger partial charge in [-0.05, 0) is 6.42 Å². The zero-order chi connectivity index (χ0) is 7.52. The first-order valence-corrected chi connectivity index (χ1v) is 4.36. The number of rotatable bonds is 1. The molecule has 0 bridgehead atoms. The molecule has 2 rings (SSSR count). The van der Waals surface area contributed by atoms with Crippen LogP contribution in [-0.2, 0) is 9.47 Å². The first-order chi connectivity index (χ1) is 5.47. The van der Waals surface area contributed by atoms with E-state index in [0.717, 1.165) is 39.5 Å². The van der Waals surface area contributed by atoms with E-state index in [1.54, 1.807) is 0 Å². The van der Waals surface area contributed by atoms with Crippen LogP contribution in [-0.4, -0.2) is 50.5 Å². The van der Waals surface area contributed by atoms with Crippen LogP contribution in [0, 0.1) is 0 Å². The molecule has 64 valence electrons. The highest BCUT2D eigenvalue weighted by molar-refractivity contribution is 4.76. The Bertz CT molecular complexity index is 117. The van der Waals surface area contributed by atoms with Crippen LogP contribution >= 0.6 is 0 Å². The van der Waals surface area contributed by atoms with Gasteiger partial charge < -0.3 is 9.47 Å². The van der Waals surface area contributed by atoms with Crippen LogP contribution < -0.4 is 0 Å². The molecule has 2 heterocycles. The van der Waals surface area contributed by atoms with Crippen LogP contribution in [0.2, 0.25) is 0 Å². The summed E-state index contributed by atoms with van der Waals surface area (Å²) < 4.78 is 10.6. The van der Waals surface area contributed by atoms with Crippen molar-refractivity contribution in [2.75, 3.05) is 39.5 Å². The normalized spacial score (nSPS) is 34.4. The molecule has 0 aromatic heterocycles. The molecular weight excluding hydrogens is 142 g/mol. The Morgan fingerprint density at radius 3 is 2.45 bits per heavy atom. The van der Waals surface area contributed by atoms with Gasteiger partial charge in [0, 0.05) is 25.7 Å². The minimum Gasteiger partial charge on any atom is -0.380 e. The van der Waals surface area contributed by atoms with Gasteiger partial charge in [0.05, 0.1) is 19.8 Å². The van der Waals surface area contributed by atoms with Crippen molar-refractivity contribution < 1.29 is 9.47 Å². The smallest absolute Gasteiger partial charge is 0.0622 e. The average Bonchev–Trinajstić information content (AvgIpc) is 2.58. The number of hydrogen-bond donors (Lipinski definition) is 0. The fraction of sp³-hybridized carbons (Fsp3) is 1.00. The maximum Gasteiger partial charge on any atom is 0.0622 e. The fourth-order valence-corrected chi connectivity index (χ4v) is 1.75. The van der Waals surface area contributed by atoms with E-state index in [4.69, 9.17) is 9.47 Å². The molecule has 0 saturated carbocycles.